The average molecular weight is 308 g/mol. The lowest BCUT2D eigenvalue weighted by atomic mass is 9.45. The van der Waals surface area contributed by atoms with Crippen LogP contribution in [-0.4, -0.2) is 33.6 Å². The second-order valence-corrected chi connectivity index (χ2v) is 9.38. The van der Waals surface area contributed by atoms with E-state index < -0.39 is 12.2 Å². The Morgan fingerprint density at radius 1 is 0.773 bits per heavy atom. The zero-order valence-corrected chi connectivity index (χ0v) is 14.0. The Labute approximate surface area is 134 Å². The van der Waals surface area contributed by atoms with Crippen LogP contribution in [0.15, 0.2) is 0 Å². The van der Waals surface area contributed by atoms with E-state index in [-0.39, 0.29) is 11.5 Å². The van der Waals surface area contributed by atoms with Gasteiger partial charge in [0.1, 0.15) is 0 Å². The molecule has 22 heavy (non-hydrogen) atoms. The topological polar surface area (TPSA) is 60.7 Å². The van der Waals surface area contributed by atoms with Crippen LogP contribution in [0, 0.1) is 34.5 Å². The molecule has 0 aromatic rings. The zero-order valence-electron chi connectivity index (χ0n) is 14.0. The first-order valence-corrected chi connectivity index (χ1v) is 9.40. The zero-order chi connectivity index (χ0) is 15.7. The van der Waals surface area contributed by atoms with E-state index in [1.54, 1.807) is 0 Å². The van der Waals surface area contributed by atoms with Crippen molar-refractivity contribution in [2.24, 2.45) is 34.5 Å². The van der Waals surface area contributed by atoms with Crippen LogP contribution in [0.2, 0.25) is 0 Å². The lowest BCUT2D eigenvalue weighted by Crippen LogP contribution is -2.54. The molecule has 0 aromatic heterocycles. The van der Waals surface area contributed by atoms with Crippen LogP contribution in [0.4, 0.5) is 0 Å². The Balaban J connectivity index is 1.63. The molecule has 3 nitrogen and oxygen atoms in total. The molecule has 9 atom stereocenters. The minimum absolute atomic E-state index is 0.0715. The van der Waals surface area contributed by atoms with E-state index in [0.717, 1.165) is 38.0 Å². The Morgan fingerprint density at radius 3 is 2.27 bits per heavy atom. The molecule has 0 heterocycles. The standard InChI is InChI=1S/C19H32O3/c1-18-7-5-12(20)9-11(18)3-4-13-14(18)6-8-19(2)15(13)10-16(21)17(19)22/h11-17,20-22H,3-10H2,1-2H3/t11?,12-,13+,14-,15-,16?,17-,18-,19-/m0/s1. The molecule has 0 saturated heterocycles. The Morgan fingerprint density at radius 2 is 1.50 bits per heavy atom. The van der Waals surface area contributed by atoms with Crippen molar-refractivity contribution in [3.63, 3.8) is 0 Å². The molecule has 0 aliphatic heterocycles. The third-order valence-electron chi connectivity index (χ3n) is 8.61. The first-order chi connectivity index (χ1) is 10.4. The molecule has 0 aromatic carbocycles. The van der Waals surface area contributed by atoms with E-state index >= 15 is 0 Å². The van der Waals surface area contributed by atoms with E-state index in [4.69, 9.17) is 0 Å². The highest BCUT2D eigenvalue weighted by molar-refractivity contribution is 5.11. The van der Waals surface area contributed by atoms with Crippen LogP contribution in [0.3, 0.4) is 0 Å². The molecule has 0 spiro atoms. The van der Waals surface area contributed by atoms with E-state index in [0.29, 0.717) is 23.2 Å². The van der Waals surface area contributed by atoms with Crippen LogP contribution in [0.25, 0.3) is 0 Å². The van der Waals surface area contributed by atoms with Gasteiger partial charge in [0.05, 0.1) is 18.3 Å². The Kier molecular flexibility index (Phi) is 3.46. The molecular formula is C19H32O3. The largest absolute Gasteiger partial charge is 0.393 e. The molecule has 3 heteroatoms. The summed E-state index contributed by atoms with van der Waals surface area (Å²) >= 11 is 0. The summed E-state index contributed by atoms with van der Waals surface area (Å²) in [5, 5.41) is 30.8. The van der Waals surface area contributed by atoms with Gasteiger partial charge in [0.2, 0.25) is 0 Å². The van der Waals surface area contributed by atoms with Crippen molar-refractivity contribution in [2.45, 2.75) is 83.5 Å². The molecule has 4 saturated carbocycles. The maximum Gasteiger partial charge on any atom is 0.0855 e. The summed E-state index contributed by atoms with van der Waals surface area (Å²) in [6.07, 6.45) is 7.49. The number of hydrogen-bond acceptors (Lipinski definition) is 3. The fourth-order valence-corrected chi connectivity index (χ4v) is 7.22. The molecule has 3 N–H and O–H groups in total. The number of hydrogen-bond donors (Lipinski definition) is 3. The highest BCUT2D eigenvalue weighted by Crippen LogP contribution is 2.66. The van der Waals surface area contributed by atoms with Crippen LogP contribution in [0.1, 0.15) is 65.2 Å². The van der Waals surface area contributed by atoms with E-state index in [1.807, 2.05) is 0 Å². The van der Waals surface area contributed by atoms with Crippen molar-refractivity contribution < 1.29 is 15.3 Å². The number of rotatable bonds is 0. The predicted molar refractivity (Wildman–Crippen MR) is 85.1 cm³/mol. The van der Waals surface area contributed by atoms with Crippen molar-refractivity contribution in [3.05, 3.63) is 0 Å². The van der Waals surface area contributed by atoms with Crippen molar-refractivity contribution in [3.8, 4) is 0 Å². The number of fused-ring (bicyclic) bond motifs is 5. The molecule has 4 aliphatic carbocycles. The average Bonchev–Trinajstić information content (AvgIpc) is 2.72. The molecule has 4 rings (SSSR count). The second-order valence-electron chi connectivity index (χ2n) is 9.38. The third-order valence-corrected chi connectivity index (χ3v) is 8.61. The first kappa shape index (κ1) is 15.4. The van der Waals surface area contributed by atoms with Gasteiger partial charge in [-0.25, -0.2) is 0 Å². The normalized spacial score (nSPS) is 61.2. The van der Waals surface area contributed by atoms with Crippen LogP contribution in [0.5, 0.6) is 0 Å². The molecular weight excluding hydrogens is 276 g/mol. The van der Waals surface area contributed by atoms with Gasteiger partial charge in [-0.1, -0.05) is 13.8 Å². The smallest absolute Gasteiger partial charge is 0.0855 e. The number of aliphatic hydroxyl groups excluding tert-OH is 3. The van der Waals surface area contributed by atoms with Gasteiger partial charge in [-0.15, -0.1) is 0 Å². The molecule has 4 aliphatic rings. The van der Waals surface area contributed by atoms with Crippen LogP contribution < -0.4 is 0 Å². The van der Waals surface area contributed by atoms with Gasteiger partial charge in [-0.3, -0.25) is 0 Å². The SMILES string of the molecule is C[C@]12CC[C@H]3[C@@H](CCC4C[C@@H](O)CC[C@@]43C)[C@@H]1CC(O)[C@@H]2O. The van der Waals surface area contributed by atoms with Gasteiger partial charge in [0, 0.05) is 0 Å². The Hall–Kier alpha value is -0.120. The lowest BCUT2D eigenvalue weighted by Gasteiger charge is -2.60. The molecule has 126 valence electrons. The number of aliphatic hydroxyl groups is 3. The maximum absolute atomic E-state index is 10.5. The summed E-state index contributed by atoms with van der Waals surface area (Å²) in [6, 6.07) is 0. The first-order valence-electron chi connectivity index (χ1n) is 9.40. The van der Waals surface area contributed by atoms with E-state index in [2.05, 4.69) is 13.8 Å². The van der Waals surface area contributed by atoms with Crippen LogP contribution in [-0.2, 0) is 0 Å². The monoisotopic (exact) mass is 308 g/mol. The van der Waals surface area contributed by atoms with Gasteiger partial charge < -0.3 is 15.3 Å². The lowest BCUT2D eigenvalue weighted by molar-refractivity contribution is -0.135. The Bertz CT molecular complexity index is 452. The molecule has 0 amide bonds. The maximum atomic E-state index is 10.5. The van der Waals surface area contributed by atoms with Crippen molar-refractivity contribution in [1.29, 1.82) is 0 Å². The summed E-state index contributed by atoms with van der Waals surface area (Å²) in [4.78, 5) is 0. The quantitative estimate of drug-likeness (QED) is 0.645. The fraction of sp³-hybridized carbons (Fsp3) is 1.00. The minimum Gasteiger partial charge on any atom is -0.393 e. The molecule has 0 radical (unpaired) electrons. The second kappa shape index (κ2) is 4.94. The van der Waals surface area contributed by atoms with Crippen LogP contribution >= 0.6 is 0 Å². The van der Waals surface area contributed by atoms with Gasteiger partial charge in [-0.05, 0) is 85.9 Å². The van der Waals surface area contributed by atoms with E-state index in [9.17, 15) is 15.3 Å². The summed E-state index contributed by atoms with van der Waals surface area (Å²) in [5.74, 6) is 2.57. The van der Waals surface area contributed by atoms with Gasteiger partial charge in [0.25, 0.3) is 0 Å². The molecule has 4 fully saturated rings. The summed E-state index contributed by atoms with van der Waals surface area (Å²) in [5.41, 5.74) is 0.305. The highest BCUT2D eigenvalue weighted by atomic mass is 16.3. The molecule has 0 bridgehead atoms. The summed E-state index contributed by atoms with van der Waals surface area (Å²) < 4.78 is 0. The summed E-state index contributed by atoms with van der Waals surface area (Å²) in [7, 11) is 0. The van der Waals surface area contributed by atoms with Gasteiger partial charge >= 0.3 is 0 Å². The third kappa shape index (κ3) is 1.91. The minimum atomic E-state index is -0.530. The van der Waals surface area contributed by atoms with Crippen molar-refractivity contribution in [1.82, 2.24) is 0 Å². The summed E-state index contributed by atoms with van der Waals surface area (Å²) in [6.45, 7) is 4.69. The highest BCUT2D eigenvalue weighted by Gasteiger charge is 2.61. The fourth-order valence-electron chi connectivity index (χ4n) is 7.22. The van der Waals surface area contributed by atoms with E-state index in [1.165, 1.54) is 19.3 Å². The van der Waals surface area contributed by atoms with Crippen molar-refractivity contribution >= 4 is 0 Å². The predicted octanol–water partition coefficient (Wildman–Crippen LogP) is 2.72. The van der Waals surface area contributed by atoms with Crippen molar-refractivity contribution in [2.75, 3.05) is 0 Å². The van der Waals surface area contributed by atoms with Gasteiger partial charge in [-0.2, -0.15) is 0 Å². The molecule has 2 unspecified atom stereocenters. The van der Waals surface area contributed by atoms with Gasteiger partial charge in [0.15, 0.2) is 0 Å².